The van der Waals surface area contributed by atoms with Gasteiger partial charge >= 0.3 is 0 Å². The third kappa shape index (κ3) is 2.63. The Morgan fingerprint density at radius 3 is 2.89 bits per heavy atom. The molecule has 0 radical (unpaired) electrons. The van der Waals surface area contributed by atoms with Crippen LogP contribution in [0.2, 0.25) is 0 Å². The number of imidazole rings is 1. The first-order chi connectivity index (χ1) is 9.33. The Morgan fingerprint density at radius 1 is 1.26 bits per heavy atom. The van der Waals surface area contributed by atoms with Crippen LogP contribution in [0.3, 0.4) is 0 Å². The molecule has 0 aliphatic carbocycles. The van der Waals surface area contributed by atoms with Crippen molar-refractivity contribution in [3.63, 3.8) is 0 Å². The number of aromatic nitrogens is 4. The fourth-order valence-corrected chi connectivity index (χ4v) is 2.42. The SMILES string of the molecule is O=C(CSc1nc2ncncc2[nH]1)c1ccccc1. The molecule has 0 atom stereocenters. The van der Waals surface area contributed by atoms with Crippen molar-refractivity contribution in [2.24, 2.45) is 0 Å². The van der Waals surface area contributed by atoms with Gasteiger partial charge in [0.2, 0.25) is 0 Å². The van der Waals surface area contributed by atoms with Crippen LogP contribution in [0.5, 0.6) is 0 Å². The fourth-order valence-electron chi connectivity index (χ4n) is 1.65. The van der Waals surface area contributed by atoms with Crippen LogP contribution in [0.25, 0.3) is 11.2 Å². The average Bonchev–Trinajstić information content (AvgIpc) is 2.88. The summed E-state index contributed by atoms with van der Waals surface area (Å²) in [5.41, 5.74) is 2.10. The molecule has 0 bridgehead atoms. The van der Waals surface area contributed by atoms with Crippen LogP contribution in [0.1, 0.15) is 10.4 Å². The summed E-state index contributed by atoms with van der Waals surface area (Å²) in [6.45, 7) is 0. The lowest BCUT2D eigenvalue weighted by Crippen LogP contribution is -2.01. The topological polar surface area (TPSA) is 71.5 Å². The van der Waals surface area contributed by atoms with Gasteiger partial charge in [-0.2, -0.15) is 0 Å². The maximum absolute atomic E-state index is 11.9. The Hall–Kier alpha value is -2.21. The van der Waals surface area contributed by atoms with Crippen molar-refractivity contribution in [1.29, 1.82) is 0 Å². The molecule has 2 aromatic heterocycles. The van der Waals surface area contributed by atoms with Crippen molar-refractivity contribution < 1.29 is 4.79 Å². The Balaban J connectivity index is 1.71. The summed E-state index contributed by atoms with van der Waals surface area (Å²) < 4.78 is 0. The van der Waals surface area contributed by atoms with E-state index in [4.69, 9.17) is 0 Å². The van der Waals surface area contributed by atoms with E-state index in [1.54, 1.807) is 6.20 Å². The van der Waals surface area contributed by atoms with Crippen LogP contribution >= 0.6 is 11.8 Å². The van der Waals surface area contributed by atoms with E-state index in [9.17, 15) is 4.79 Å². The van der Waals surface area contributed by atoms with E-state index in [0.717, 1.165) is 5.52 Å². The highest BCUT2D eigenvalue weighted by Crippen LogP contribution is 2.18. The first-order valence-electron chi connectivity index (χ1n) is 5.70. The number of thioether (sulfide) groups is 1. The summed E-state index contributed by atoms with van der Waals surface area (Å²) >= 11 is 1.37. The van der Waals surface area contributed by atoms with Crippen molar-refractivity contribution in [1.82, 2.24) is 19.9 Å². The van der Waals surface area contributed by atoms with Crippen LogP contribution < -0.4 is 0 Å². The van der Waals surface area contributed by atoms with Gasteiger partial charge in [-0.3, -0.25) is 4.79 Å². The molecule has 0 saturated heterocycles. The van der Waals surface area contributed by atoms with Crippen LogP contribution in [-0.4, -0.2) is 31.5 Å². The van der Waals surface area contributed by atoms with E-state index >= 15 is 0 Å². The van der Waals surface area contributed by atoms with Gasteiger partial charge in [-0.05, 0) is 0 Å². The predicted molar refractivity (Wildman–Crippen MR) is 73.2 cm³/mol. The molecule has 6 heteroatoms. The second-order valence-corrected chi connectivity index (χ2v) is 4.84. The predicted octanol–water partition coefficient (Wildman–Crippen LogP) is 2.33. The molecule has 1 aromatic carbocycles. The van der Waals surface area contributed by atoms with Gasteiger partial charge in [0, 0.05) is 5.56 Å². The third-order valence-corrected chi connectivity index (χ3v) is 3.45. The zero-order valence-electron chi connectivity index (χ0n) is 9.91. The second-order valence-electron chi connectivity index (χ2n) is 3.88. The highest BCUT2D eigenvalue weighted by atomic mass is 32.2. The van der Waals surface area contributed by atoms with E-state index in [-0.39, 0.29) is 5.78 Å². The summed E-state index contributed by atoms with van der Waals surface area (Å²) in [6.07, 6.45) is 3.12. The first kappa shape index (κ1) is 11.9. The Kier molecular flexibility index (Phi) is 3.24. The number of Topliss-reactive ketones (excluding diaryl/α,β-unsaturated/α-hetero) is 1. The van der Waals surface area contributed by atoms with Crippen LogP contribution in [-0.2, 0) is 0 Å². The van der Waals surface area contributed by atoms with Gasteiger partial charge in [0.25, 0.3) is 0 Å². The number of carbonyl (C=O) groups excluding carboxylic acids is 1. The van der Waals surface area contributed by atoms with E-state index in [1.807, 2.05) is 30.3 Å². The summed E-state index contributed by atoms with van der Waals surface area (Å²) in [7, 11) is 0. The van der Waals surface area contributed by atoms with Gasteiger partial charge in [-0.25, -0.2) is 15.0 Å². The average molecular weight is 270 g/mol. The molecule has 0 unspecified atom stereocenters. The zero-order valence-corrected chi connectivity index (χ0v) is 10.7. The number of H-pyrrole nitrogens is 1. The van der Waals surface area contributed by atoms with E-state index in [2.05, 4.69) is 19.9 Å². The van der Waals surface area contributed by atoms with Crippen molar-refractivity contribution in [3.05, 3.63) is 48.4 Å². The summed E-state index contributed by atoms with van der Waals surface area (Å²) in [5.74, 6) is 0.425. The monoisotopic (exact) mass is 270 g/mol. The molecule has 0 saturated carbocycles. The van der Waals surface area contributed by atoms with Gasteiger partial charge < -0.3 is 4.98 Å². The lowest BCUT2D eigenvalue weighted by atomic mass is 10.2. The number of aromatic amines is 1. The van der Waals surface area contributed by atoms with Gasteiger partial charge in [0.15, 0.2) is 16.6 Å². The van der Waals surface area contributed by atoms with E-state index < -0.39 is 0 Å². The molecule has 0 spiro atoms. The Labute approximate surface area is 113 Å². The van der Waals surface area contributed by atoms with Crippen LogP contribution in [0, 0.1) is 0 Å². The van der Waals surface area contributed by atoms with Gasteiger partial charge in [-0.1, -0.05) is 42.1 Å². The first-order valence-corrected chi connectivity index (χ1v) is 6.68. The molecule has 5 nitrogen and oxygen atoms in total. The number of hydrogen-bond acceptors (Lipinski definition) is 5. The standard InChI is InChI=1S/C13H10N4OS/c18-11(9-4-2-1-3-5-9)7-19-13-16-10-6-14-8-15-12(10)17-13/h1-6,8H,7H2,(H,14,15,16,17). The second kappa shape index (κ2) is 5.19. The molecule has 0 aliphatic heterocycles. The van der Waals surface area contributed by atoms with Crippen molar-refractivity contribution in [2.75, 3.05) is 5.75 Å². The molecule has 1 N–H and O–H groups in total. The molecule has 0 amide bonds. The largest absolute Gasteiger partial charge is 0.330 e. The summed E-state index contributed by atoms with van der Waals surface area (Å²) in [6, 6.07) is 9.23. The number of rotatable bonds is 4. The van der Waals surface area contributed by atoms with Gasteiger partial charge in [-0.15, -0.1) is 0 Å². The summed E-state index contributed by atoms with van der Waals surface area (Å²) in [5, 5.41) is 0.680. The van der Waals surface area contributed by atoms with Crippen molar-refractivity contribution in [2.45, 2.75) is 5.16 Å². The lowest BCUT2D eigenvalue weighted by molar-refractivity contribution is 0.102. The minimum absolute atomic E-state index is 0.0807. The third-order valence-electron chi connectivity index (χ3n) is 2.58. The minimum atomic E-state index is 0.0807. The highest BCUT2D eigenvalue weighted by Gasteiger charge is 2.09. The zero-order chi connectivity index (χ0) is 13.1. The maximum Gasteiger partial charge on any atom is 0.181 e. The van der Waals surface area contributed by atoms with Gasteiger partial charge in [0.1, 0.15) is 11.8 Å². The number of nitrogens with one attached hydrogen (secondary N) is 1. The maximum atomic E-state index is 11.9. The molecule has 3 aromatic rings. The molecular formula is C13H10N4OS. The number of carbonyl (C=O) groups is 1. The molecule has 2 heterocycles. The number of nitrogens with zero attached hydrogens (tertiary/aromatic N) is 3. The number of fused-ring (bicyclic) bond motifs is 1. The van der Waals surface area contributed by atoms with E-state index in [0.29, 0.717) is 22.1 Å². The smallest absolute Gasteiger partial charge is 0.181 e. The number of ketones is 1. The van der Waals surface area contributed by atoms with Gasteiger partial charge in [0.05, 0.1) is 11.9 Å². The molecule has 0 fully saturated rings. The quantitative estimate of drug-likeness (QED) is 0.582. The van der Waals surface area contributed by atoms with Crippen LogP contribution in [0.15, 0.2) is 48.0 Å². The molecule has 19 heavy (non-hydrogen) atoms. The molecular weight excluding hydrogens is 260 g/mol. The Bertz CT molecular complexity index is 678. The molecule has 94 valence electrons. The highest BCUT2D eigenvalue weighted by molar-refractivity contribution is 7.99. The number of benzene rings is 1. The Morgan fingerprint density at radius 2 is 2.11 bits per heavy atom. The minimum Gasteiger partial charge on any atom is -0.330 e. The van der Waals surface area contributed by atoms with E-state index in [1.165, 1.54) is 18.1 Å². The fraction of sp³-hybridized carbons (Fsp3) is 0.0769. The molecule has 3 rings (SSSR count). The van der Waals surface area contributed by atoms with Crippen molar-refractivity contribution in [3.8, 4) is 0 Å². The lowest BCUT2D eigenvalue weighted by Gasteiger charge is -1.98. The molecule has 0 aliphatic rings. The van der Waals surface area contributed by atoms with Crippen molar-refractivity contribution >= 4 is 28.7 Å². The normalized spacial score (nSPS) is 10.7. The van der Waals surface area contributed by atoms with Crippen LogP contribution in [0.4, 0.5) is 0 Å². The number of hydrogen-bond donors (Lipinski definition) is 1. The summed E-state index contributed by atoms with van der Waals surface area (Å²) in [4.78, 5) is 27.2.